The second-order valence-corrected chi connectivity index (χ2v) is 7.84. The van der Waals surface area contributed by atoms with Gasteiger partial charge in [0.05, 0.1) is 30.7 Å². The van der Waals surface area contributed by atoms with Gasteiger partial charge < -0.3 is 14.4 Å². The number of ether oxygens (including phenoxy) is 2. The molecule has 28 heavy (non-hydrogen) atoms. The van der Waals surface area contributed by atoms with E-state index in [9.17, 15) is 9.59 Å². The molecule has 140 valence electrons. The fraction of sp³-hybridized carbons (Fsp3) is 0.304. The fourth-order valence-electron chi connectivity index (χ4n) is 5.35. The van der Waals surface area contributed by atoms with E-state index in [4.69, 9.17) is 9.47 Å². The Morgan fingerprint density at radius 3 is 2.68 bits per heavy atom. The summed E-state index contributed by atoms with van der Waals surface area (Å²) in [5.74, 6) is -0.528. The molecule has 5 heteroatoms. The number of fused-ring (bicyclic) bond motifs is 8. The van der Waals surface area contributed by atoms with Crippen LogP contribution in [0.25, 0.3) is 6.08 Å². The number of rotatable bonds is 2. The minimum atomic E-state index is -0.788. The lowest BCUT2D eigenvalue weighted by Crippen LogP contribution is -2.48. The Morgan fingerprint density at radius 2 is 1.82 bits per heavy atom. The number of para-hydroxylation sites is 1. The third kappa shape index (κ3) is 2.09. The van der Waals surface area contributed by atoms with Crippen molar-refractivity contribution < 1.29 is 19.1 Å². The van der Waals surface area contributed by atoms with Crippen molar-refractivity contribution in [1.82, 2.24) is 0 Å². The van der Waals surface area contributed by atoms with Crippen molar-refractivity contribution in [3.05, 3.63) is 71.8 Å². The summed E-state index contributed by atoms with van der Waals surface area (Å²) in [6.07, 6.45) is 3.11. The average molecular weight is 373 g/mol. The number of hydrogen-bond acceptors (Lipinski definition) is 5. The van der Waals surface area contributed by atoms with Gasteiger partial charge in [0.1, 0.15) is 0 Å². The van der Waals surface area contributed by atoms with E-state index in [0.29, 0.717) is 12.2 Å². The van der Waals surface area contributed by atoms with E-state index in [1.54, 1.807) is 0 Å². The van der Waals surface area contributed by atoms with Crippen LogP contribution in [0.1, 0.15) is 15.9 Å². The molecule has 0 N–H and O–H groups in total. The predicted molar refractivity (Wildman–Crippen MR) is 103 cm³/mol. The van der Waals surface area contributed by atoms with Crippen LogP contribution in [-0.4, -0.2) is 42.7 Å². The molecule has 0 amide bonds. The smallest absolute Gasteiger partial charge is 0.218 e. The molecule has 0 aliphatic carbocycles. The van der Waals surface area contributed by atoms with Gasteiger partial charge in [-0.2, -0.15) is 0 Å². The van der Waals surface area contributed by atoms with Crippen molar-refractivity contribution in [2.24, 2.45) is 11.8 Å². The molecular formula is C23H19NO4. The predicted octanol–water partition coefficient (Wildman–Crippen LogP) is 2.71. The molecule has 2 bridgehead atoms. The Labute approximate surface area is 162 Å². The molecule has 2 aromatic rings. The van der Waals surface area contributed by atoms with E-state index in [2.05, 4.69) is 17.1 Å². The standard InChI is InChI=1S/C23H19NO4/c25-21(14-7-2-1-3-8-14)20-19-17-12-27-23(28-17)22(26)18(19)16-11-10-13-6-4-5-9-15(13)24(16)20/h1-11,16-20,23H,12H2/t16-,17+,18-,19+,20+,23-/m0/s1. The summed E-state index contributed by atoms with van der Waals surface area (Å²) >= 11 is 0. The highest BCUT2D eigenvalue weighted by Crippen LogP contribution is 2.50. The van der Waals surface area contributed by atoms with Gasteiger partial charge in [0, 0.05) is 17.2 Å². The van der Waals surface area contributed by atoms with Crippen LogP contribution in [0.3, 0.4) is 0 Å². The second kappa shape index (κ2) is 5.87. The first-order chi connectivity index (χ1) is 13.7. The maximum atomic E-state index is 13.7. The van der Waals surface area contributed by atoms with Crippen molar-refractivity contribution >= 4 is 23.3 Å². The Morgan fingerprint density at radius 1 is 1.04 bits per heavy atom. The van der Waals surface area contributed by atoms with Crippen LogP contribution in [0.15, 0.2) is 60.7 Å². The lowest BCUT2D eigenvalue weighted by molar-refractivity contribution is -0.163. The Bertz CT molecular complexity index is 1000. The summed E-state index contributed by atoms with van der Waals surface area (Å²) in [6.45, 7) is 0.363. The normalized spacial score (nSPS) is 34.7. The molecule has 0 unspecified atom stereocenters. The summed E-state index contributed by atoms with van der Waals surface area (Å²) in [5.41, 5.74) is 2.73. The summed E-state index contributed by atoms with van der Waals surface area (Å²) in [7, 11) is 0. The third-order valence-electron chi connectivity index (χ3n) is 6.48. The molecule has 4 aliphatic rings. The molecule has 2 aromatic carbocycles. The molecule has 0 aromatic heterocycles. The van der Waals surface area contributed by atoms with Crippen molar-refractivity contribution in [3.63, 3.8) is 0 Å². The van der Waals surface area contributed by atoms with Crippen LogP contribution in [0.4, 0.5) is 5.69 Å². The molecule has 4 aliphatic heterocycles. The number of carbonyl (C=O) groups is 2. The highest BCUT2D eigenvalue weighted by atomic mass is 16.7. The van der Waals surface area contributed by atoms with E-state index >= 15 is 0 Å². The van der Waals surface area contributed by atoms with Gasteiger partial charge in [0.15, 0.2) is 11.6 Å². The molecule has 0 spiro atoms. The maximum Gasteiger partial charge on any atom is 0.218 e. The van der Waals surface area contributed by atoms with Crippen LogP contribution in [0, 0.1) is 11.8 Å². The Kier molecular flexibility index (Phi) is 3.40. The zero-order valence-electron chi connectivity index (χ0n) is 15.1. The number of nitrogens with zero attached hydrogens (tertiary/aromatic N) is 1. The van der Waals surface area contributed by atoms with E-state index in [0.717, 1.165) is 11.3 Å². The van der Waals surface area contributed by atoms with Gasteiger partial charge >= 0.3 is 0 Å². The number of hydrogen-bond donors (Lipinski definition) is 0. The van der Waals surface area contributed by atoms with Crippen molar-refractivity contribution in [3.8, 4) is 0 Å². The van der Waals surface area contributed by atoms with Crippen molar-refractivity contribution in [1.29, 1.82) is 0 Å². The Balaban J connectivity index is 1.53. The average Bonchev–Trinajstić information content (AvgIpc) is 3.33. The zero-order chi connectivity index (χ0) is 18.8. The van der Waals surface area contributed by atoms with Gasteiger partial charge in [-0.05, 0) is 11.6 Å². The first-order valence-corrected chi connectivity index (χ1v) is 9.70. The molecule has 5 nitrogen and oxygen atoms in total. The summed E-state index contributed by atoms with van der Waals surface area (Å²) in [6, 6.07) is 16.8. The number of carbonyl (C=O) groups excluding carboxylic acids is 2. The van der Waals surface area contributed by atoms with Crippen LogP contribution in [0.5, 0.6) is 0 Å². The van der Waals surface area contributed by atoms with Gasteiger partial charge in [0.25, 0.3) is 0 Å². The molecule has 3 saturated heterocycles. The third-order valence-corrected chi connectivity index (χ3v) is 6.48. The van der Waals surface area contributed by atoms with Crippen LogP contribution < -0.4 is 4.90 Å². The quantitative estimate of drug-likeness (QED) is 0.758. The molecule has 3 fully saturated rings. The van der Waals surface area contributed by atoms with Gasteiger partial charge in [-0.25, -0.2) is 0 Å². The maximum absolute atomic E-state index is 13.7. The largest absolute Gasteiger partial charge is 0.353 e. The minimum absolute atomic E-state index is 0.0324. The molecular weight excluding hydrogens is 354 g/mol. The lowest BCUT2D eigenvalue weighted by atomic mass is 9.77. The van der Waals surface area contributed by atoms with Crippen molar-refractivity contribution in [2.75, 3.05) is 11.5 Å². The number of Topliss-reactive ketones (excluding diaryl/α,β-unsaturated/α-hetero) is 2. The van der Waals surface area contributed by atoms with Gasteiger partial charge in [-0.3, -0.25) is 9.59 Å². The summed E-state index contributed by atoms with van der Waals surface area (Å²) < 4.78 is 11.4. The highest BCUT2D eigenvalue weighted by molar-refractivity contribution is 6.05. The SMILES string of the molecule is O=C1[C@H]2OC[C@@H](O2)[C@@H]2[C@@H]1[C@@H]1C=Cc3ccccc3N1[C@H]2C(=O)c1ccccc1. The number of benzene rings is 2. The summed E-state index contributed by atoms with van der Waals surface area (Å²) in [5, 5.41) is 0. The van der Waals surface area contributed by atoms with E-state index < -0.39 is 12.3 Å². The highest BCUT2D eigenvalue weighted by Gasteiger charge is 2.63. The van der Waals surface area contributed by atoms with Gasteiger partial charge in [-0.1, -0.05) is 60.7 Å². The molecule has 6 atom stereocenters. The molecule has 6 rings (SSSR count). The van der Waals surface area contributed by atoms with Crippen molar-refractivity contribution in [2.45, 2.75) is 24.5 Å². The van der Waals surface area contributed by atoms with E-state index in [-0.39, 0.29) is 35.5 Å². The van der Waals surface area contributed by atoms with Crippen LogP contribution >= 0.6 is 0 Å². The first-order valence-electron chi connectivity index (χ1n) is 9.70. The number of ketones is 2. The summed E-state index contributed by atoms with van der Waals surface area (Å²) in [4.78, 5) is 28.9. The van der Waals surface area contributed by atoms with Crippen LogP contribution in [0.2, 0.25) is 0 Å². The van der Waals surface area contributed by atoms with Gasteiger partial charge in [0.2, 0.25) is 6.29 Å². The van der Waals surface area contributed by atoms with E-state index in [1.807, 2.05) is 54.6 Å². The first kappa shape index (κ1) is 16.2. The lowest BCUT2D eigenvalue weighted by Gasteiger charge is -2.35. The Hall–Kier alpha value is -2.76. The minimum Gasteiger partial charge on any atom is -0.353 e. The van der Waals surface area contributed by atoms with Gasteiger partial charge in [-0.15, -0.1) is 0 Å². The van der Waals surface area contributed by atoms with Crippen LogP contribution in [-0.2, 0) is 14.3 Å². The molecule has 0 saturated carbocycles. The molecule has 4 heterocycles. The number of anilines is 1. The molecule has 0 radical (unpaired) electrons. The second-order valence-electron chi connectivity index (χ2n) is 7.84. The fourth-order valence-corrected chi connectivity index (χ4v) is 5.35. The zero-order valence-corrected chi connectivity index (χ0v) is 15.1. The van der Waals surface area contributed by atoms with E-state index in [1.165, 1.54) is 0 Å². The topological polar surface area (TPSA) is 55.8 Å². The monoisotopic (exact) mass is 373 g/mol.